The van der Waals surface area contributed by atoms with Gasteiger partial charge in [-0.1, -0.05) is 37.9 Å². The number of carboxylic acid groups (broad SMARTS) is 1. The van der Waals surface area contributed by atoms with Crippen LogP contribution in [-0.4, -0.2) is 34.1 Å². The van der Waals surface area contributed by atoms with Crippen molar-refractivity contribution in [2.45, 2.75) is 71.0 Å². The van der Waals surface area contributed by atoms with Crippen LogP contribution < -0.4 is 0 Å². The number of aliphatic carboxylic acids is 1. The minimum Gasteiger partial charge on any atom is -0.478 e. The lowest BCUT2D eigenvalue weighted by molar-refractivity contribution is -0.132. The predicted molar refractivity (Wildman–Crippen MR) is 101 cm³/mol. The van der Waals surface area contributed by atoms with E-state index in [1.165, 1.54) is 12.8 Å². The van der Waals surface area contributed by atoms with Gasteiger partial charge in [0.05, 0.1) is 8.07 Å². The summed E-state index contributed by atoms with van der Waals surface area (Å²) < 4.78 is 5.56. The van der Waals surface area contributed by atoms with Crippen LogP contribution in [0.15, 0.2) is 23.8 Å². The Kier molecular flexibility index (Phi) is 9.19. The summed E-state index contributed by atoms with van der Waals surface area (Å²) >= 11 is 0. The first-order valence-electron chi connectivity index (χ1n) is 8.14. The molecule has 0 fully saturated rings. The Morgan fingerprint density at radius 2 is 1.86 bits per heavy atom. The SMILES string of the molecule is C/C(=C\CCO[Si](C)(C)C)C(=O)O.C[Si](C)(C)C1C=CCC1. The standard InChI is InChI=1S/C9H18O3Si.C8H16Si/c1-8(9(10)11)6-5-7-12-13(2,3)4;1-9(2,3)8-6-4-5-7-8/h6H,5,7H2,1-4H3,(H,10,11);4,6,8H,5,7H2,1-3H3/b8-6+;. The van der Waals surface area contributed by atoms with Crippen molar-refractivity contribution in [2.75, 3.05) is 6.61 Å². The van der Waals surface area contributed by atoms with Crippen LogP contribution >= 0.6 is 0 Å². The Morgan fingerprint density at radius 1 is 1.27 bits per heavy atom. The molecular formula is C17H34O3Si2. The number of carboxylic acids is 1. The molecule has 0 amide bonds. The van der Waals surface area contributed by atoms with Gasteiger partial charge in [0.25, 0.3) is 0 Å². The molecule has 0 aromatic heterocycles. The van der Waals surface area contributed by atoms with Crippen LogP contribution in [0.25, 0.3) is 0 Å². The maximum absolute atomic E-state index is 10.4. The lowest BCUT2D eigenvalue weighted by Crippen LogP contribution is -2.25. The molecule has 5 heteroatoms. The van der Waals surface area contributed by atoms with E-state index in [-0.39, 0.29) is 0 Å². The fourth-order valence-electron chi connectivity index (χ4n) is 2.08. The Balaban J connectivity index is 0.000000425. The smallest absolute Gasteiger partial charge is 0.330 e. The van der Waals surface area contributed by atoms with Gasteiger partial charge in [-0.2, -0.15) is 0 Å². The van der Waals surface area contributed by atoms with E-state index in [9.17, 15) is 4.79 Å². The summed E-state index contributed by atoms with van der Waals surface area (Å²) in [5.41, 5.74) is 1.36. The largest absolute Gasteiger partial charge is 0.478 e. The lowest BCUT2D eigenvalue weighted by atomic mass is 10.2. The zero-order chi connectivity index (χ0) is 17.4. The van der Waals surface area contributed by atoms with Crippen molar-refractivity contribution in [3.8, 4) is 0 Å². The highest BCUT2D eigenvalue weighted by Crippen LogP contribution is 2.32. The first-order valence-corrected chi connectivity index (χ1v) is 15.1. The molecule has 1 N–H and O–H groups in total. The third-order valence-corrected chi connectivity index (χ3v) is 7.34. The summed E-state index contributed by atoms with van der Waals surface area (Å²) in [6, 6.07) is 0. The van der Waals surface area contributed by atoms with Crippen molar-refractivity contribution < 1.29 is 14.3 Å². The van der Waals surface area contributed by atoms with Gasteiger partial charge in [0.15, 0.2) is 8.32 Å². The fourth-order valence-corrected chi connectivity index (χ4v) is 4.56. The van der Waals surface area contributed by atoms with Gasteiger partial charge in [-0.3, -0.25) is 0 Å². The van der Waals surface area contributed by atoms with E-state index in [1.54, 1.807) is 13.0 Å². The molecule has 0 heterocycles. The molecule has 0 bridgehead atoms. The number of rotatable bonds is 6. The van der Waals surface area contributed by atoms with Crippen LogP contribution in [0, 0.1) is 0 Å². The molecule has 0 saturated carbocycles. The Morgan fingerprint density at radius 3 is 2.18 bits per heavy atom. The predicted octanol–water partition coefficient (Wildman–Crippen LogP) is 5.30. The molecule has 1 rings (SSSR count). The van der Waals surface area contributed by atoms with Crippen molar-refractivity contribution in [3.05, 3.63) is 23.8 Å². The molecule has 3 nitrogen and oxygen atoms in total. The van der Waals surface area contributed by atoms with E-state index in [0.717, 1.165) is 5.54 Å². The van der Waals surface area contributed by atoms with Crippen LogP contribution in [-0.2, 0) is 9.22 Å². The van der Waals surface area contributed by atoms with E-state index < -0.39 is 22.4 Å². The highest BCUT2D eigenvalue weighted by molar-refractivity contribution is 6.78. The molecule has 128 valence electrons. The van der Waals surface area contributed by atoms with Crippen LogP contribution in [0.4, 0.5) is 0 Å². The zero-order valence-electron chi connectivity index (χ0n) is 15.4. The minimum atomic E-state index is -1.43. The van der Waals surface area contributed by atoms with E-state index in [1.807, 2.05) is 0 Å². The summed E-state index contributed by atoms with van der Waals surface area (Å²) in [4.78, 5) is 10.4. The maximum atomic E-state index is 10.4. The molecule has 0 spiro atoms. The number of hydrogen-bond donors (Lipinski definition) is 1. The highest BCUT2D eigenvalue weighted by atomic mass is 28.4. The van der Waals surface area contributed by atoms with Gasteiger partial charge in [-0.15, -0.1) is 0 Å². The number of allylic oxidation sites excluding steroid dienone is 2. The van der Waals surface area contributed by atoms with Gasteiger partial charge in [0.1, 0.15) is 0 Å². The van der Waals surface area contributed by atoms with Gasteiger partial charge in [0, 0.05) is 12.2 Å². The third-order valence-electron chi connectivity index (χ3n) is 3.57. The number of carbonyl (C=O) groups is 1. The number of hydrogen-bond acceptors (Lipinski definition) is 2. The summed E-state index contributed by atoms with van der Waals surface area (Å²) in [5.74, 6) is -0.854. The summed E-state index contributed by atoms with van der Waals surface area (Å²) in [7, 11) is -2.24. The van der Waals surface area contributed by atoms with E-state index >= 15 is 0 Å². The molecule has 0 radical (unpaired) electrons. The van der Waals surface area contributed by atoms with Crippen LogP contribution in [0.1, 0.15) is 26.2 Å². The summed E-state index contributed by atoms with van der Waals surface area (Å²) in [5, 5.41) is 8.54. The second kappa shape index (κ2) is 9.48. The monoisotopic (exact) mass is 342 g/mol. The quantitative estimate of drug-likeness (QED) is 0.308. The van der Waals surface area contributed by atoms with Gasteiger partial charge in [0.2, 0.25) is 0 Å². The van der Waals surface area contributed by atoms with E-state index in [4.69, 9.17) is 9.53 Å². The van der Waals surface area contributed by atoms with Crippen LogP contribution in [0.5, 0.6) is 0 Å². The summed E-state index contributed by atoms with van der Waals surface area (Å²) in [6.07, 6.45) is 9.89. The molecule has 1 aliphatic carbocycles. The normalized spacial score (nSPS) is 18.9. The van der Waals surface area contributed by atoms with Gasteiger partial charge >= 0.3 is 5.97 Å². The van der Waals surface area contributed by atoms with Crippen molar-refractivity contribution in [2.24, 2.45) is 0 Å². The Hall–Kier alpha value is -0.656. The molecule has 0 aromatic carbocycles. The molecule has 1 unspecified atom stereocenters. The molecule has 0 aliphatic heterocycles. The first kappa shape index (κ1) is 21.3. The minimum absolute atomic E-state index is 0.388. The Bertz CT molecular complexity index is 401. The highest BCUT2D eigenvalue weighted by Gasteiger charge is 2.25. The average Bonchev–Trinajstić information content (AvgIpc) is 2.87. The molecular weight excluding hydrogens is 308 g/mol. The van der Waals surface area contributed by atoms with Gasteiger partial charge in [-0.25, -0.2) is 4.79 Å². The summed E-state index contributed by atoms with van der Waals surface area (Å²) in [6.45, 7) is 15.9. The van der Waals surface area contributed by atoms with Crippen molar-refractivity contribution in [1.29, 1.82) is 0 Å². The van der Waals surface area contributed by atoms with Gasteiger partial charge in [-0.05, 0) is 51.4 Å². The Labute approximate surface area is 138 Å². The van der Waals surface area contributed by atoms with Crippen LogP contribution in [0.3, 0.4) is 0 Å². The second-order valence-corrected chi connectivity index (χ2v) is 17.9. The second-order valence-electron chi connectivity index (χ2n) is 7.92. The molecule has 1 aliphatic rings. The van der Waals surface area contributed by atoms with Crippen molar-refractivity contribution in [3.63, 3.8) is 0 Å². The van der Waals surface area contributed by atoms with E-state index in [2.05, 4.69) is 51.4 Å². The van der Waals surface area contributed by atoms with E-state index in [0.29, 0.717) is 18.6 Å². The topological polar surface area (TPSA) is 46.5 Å². The van der Waals surface area contributed by atoms with Gasteiger partial charge < -0.3 is 9.53 Å². The third kappa shape index (κ3) is 11.0. The molecule has 22 heavy (non-hydrogen) atoms. The maximum Gasteiger partial charge on any atom is 0.330 e. The van der Waals surface area contributed by atoms with Crippen molar-refractivity contribution >= 4 is 22.4 Å². The van der Waals surface area contributed by atoms with Crippen molar-refractivity contribution in [1.82, 2.24) is 0 Å². The average molecular weight is 343 g/mol. The lowest BCUT2D eigenvalue weighted by Gasteiger charge is -2.22. The molecule has 1 atom stereocenters. The fraction of sp³-hybridized carbons (Fsp3) is 0.706. The first-order chi connectivity index (χ1) is 9.93. The van der Waals surface area contributed by atoms with Crippen LogP contribution in [0.2, 0.25) is 44.8 Å². The molecule has 0 aromatic rings. The zero-order valence-corrected chi connectivity index (χ0v) is 17.4. The molecule has 0 saturated heterocycles.